The summed E-state index contributed by atoms with van der Waals surface area (Å²) in [5, 5.41) is 19.2. The number of hydrogen-bond acceptors (Lipinski definition) is 5. The molecule has 138 valence electrons. The Morgan fingerprint density at radius 3 is 2.23 bits per heavy atom. The lowest BCUT2D eigenvalue weighted by atomic mass is 10.0. The molecule has 2 N–H and O–H groups in total. The van der Waals surface area contributed by atoms with Gasteiger partial charge in [0.15, 0.2) is 5.78 Å². The molecule has 26 heavy (non-hydrogen) atoms. The van der Waals surface area contributed by atoms with E-state index in [1.807, 2.05) is 6.92 Å². The maximum Gasteiger partial charge on any atom is 0.335 e. The van der Waals surface area contributed by atoms with Crippen molar-refractivity contribution >= 4 is 11.8 Å². The highest BCUT2D eigenvalue weighted by Crippen LogP contribution is 2.33. The van der Waals surface area contributed by atoms with Crippen molar-refractivity contribution in [2.45, 2.75) is 26.7 Å². The van der Waals surface area contributed by atoms with E-state index in [0.29, 0.717) is 23.5 Å². The molecule has 0 saturated carbocycles. The van der Waals surface area contributed by atoms with Gasteiger partial charge in [0.25, 0.3) is 0 Å². The summed E-state index contributed by atoms with van der Waals surface area (Å²) in [7, 11) is 0. The predicted molar refractivity (Wildman–Crippen MR) is 96.5 cm³/mol. The Kier molecular flexibility index (Phi) is 6.60. The van der Waals surface area contributed by atoms with Crippen LogP contribution >= 0.6 is 0 Å². The fourth-order valence-corrected chi connectivity index (χ4v) is 2.53. The average Bonchev–Trinajstić information content (AvgIpc) is 2.61. The van der Waals surface area contributed by atoms with Crippen LogP contribution in [0.1, 0.15) is 46.5 Å². The first kappa shape index (κ1) is 19.3. The molecule has 0 saturated heterocycles. The minimum Gasteiger partial charge on any atom is -0.507 e. The standard InChI is InChI=1S/C20H22O6/c1-3-4-17-18(10-9-16(13(2)21)19(17)22)26-12-11-25-15-7-5-14(6-8-15)20(23)24/h5-10,22H,3-4,11-12H2,1-2H3,(H,23,24). The SMILES string of the molecule is CCCc1c(OCCOc2ccc(C(=O)O)cc2)ccc(C(C)=O)c1O. The summed E-state index contributed by atoms with van der Waals surface area (Å²) in [4.78, 5) is 22.4. The lowest BCUT2D eigenvalue weighted by molar-refractivity contribution is 0.0696. The van der Waals surface area contributed by atoms with Crippen LogP contribution in [0.15, 0.2) is 36.4 Å². The maximum absolute atomic E-state index is 11.6. The number of ketones is 1. The molecule has 0 amide bonds. The molecular weight excluding hydrogens is 336 g/mol. The van der Waals surface area contributed by atoms with Gasteiger partial charge in [-0.1, -0.05) is 13.3 Å². The lowest BCUT2D eigenvalue weighted by Gasteiger charge is -2.15. The van der Waals surface area contributed by atoms with Crippen molar-refractivity contribution in [2.75, 3.05) is 13.2 Å². The van der Waals surface area contributed by atoms with Crippen LogP contribution < -0.4 is 9.47 Å². The topological polar surface area (TPSA) is 93.1 Å². The molecule has 2 rings (SSSR count). The number of aromatic hydroxyl groups is 1. The van der Waals surface area contributed by atoms with Crippen molar-refractivity contribution in [3.8, 4) is 17.2 Å². The van der Waals surface area contributed by atoms with Crippen molar-refractivity contribution in [3.05, 3.63) is 53.1 Å². The van der Waals surface area contributed by atoms with Crippen molar-refractivity contribution < 1.29 is 29.3 Å². The van der Waals surface area contributed by atoms with Crippen LogP contribution in [0.25, 0.3) is 0 Å². The summed E-state index contributed by atoms with van der Waals surface area (Å²) < 4.78 is 11.2. The number of rotatable bonds is 9. The number of Topliss-reactive ketones (excluding diaryl/α,β-unsaturated/α-hetero) is 1. The molecule has 0 fully saturated rings. The molecule has 6 nitrogen and oxygen atoms in total. The monoisotopic (exact) mass is 358 g/mol. The van der Waals surface area contributed by atoms with Gasteiger partial charge in [0.2, 0.25) is 0 Å². The number of ether oxygens (including phenoxy) is 2. The second-order valence-corrected chi connectivity index (χ2v) is 5.77. The number of phenolic OH excluding ortho intramolecular Hbond substituents is 1. The third-order valence-corrected chi connectivity index (χ3v) is 3.83. The Morgan fingerprint density at radius 1 is 1.00 bits per heavy atom. The first-order valence-electron chi connectivity index (χ1n) is 8.38. The number of carboxylic acids is 1. The molecule has 0 bridgehead atoms. The highest BCUT2D eigenvalue weighted by Gasteiger charge is 2.15. The lowest BCUT2D eigenvalue weighted by Crippen LogP contribution is -2.11. The molecule has 0 unspecified atom stereocenters. The van der Waals surface area contributed by atoms with E-state index in [1.165, 1.54) is 19.1 Å². The molecule has 6 heteroatoms. The smallest absolute Gasteiger partial charge is 0.335 e. The molecule has 2 aromatic carbocycles. The summed E-state index contributed by atoms with van der Waals surface area (Å²) in [5.41, 5.74) is 1.10. The summed E-state index contributed by atoms with van der Waals surface area (Å²) in [5.74, 6) is -0.139. The van der Waals surface area contributed by atoms with Gasteiger partial charge in [-0.3, -0.25) is 4.79 Å². The van der Waals surface area contributed by atoms with Gasteiger partial charge in [0, 0.05) is 5.56 Å². The van der Waals surface area contributed by atoms with E-state index in [4.69, 9.17) is 14.6 Å². The third-order valence-electron chi connectivity index (χ3n) is 3.83. The molecule has 0 aliphatic rings. The third kappa shape index (κ3) is 4.75. The van der Waals surface area contributed by atoms with E-state index in [9.17, 15) is 14.7 Å². The van der Waals surface area contributed by atoms with Gasteiger partial charge >= 0.3 is 5.97 Å². The van der Waals surface area contributed by atoms with E-state index in [1.54, 1.807) is 24.3 Å². The molecule has 0 aliphatic carbocycles. The second kappa shape index (κ2) is 8.89. The number of carbonyl (C=O) groups is 2. The molecular formula is C20H22O6. The average molecular weight is 358 g/mol. The van der Waals surface area contributed by atoms with Crippen molar-refractivity contribution in [1.82, 2.24) is 0 Å². The Bertz CT molecular complexity index is 780. The zero-order valence-electron chi connectivity index (χ0n) is 14.8. The Balaban J connectivity index is 1.97. The van der Waals surface area contributed by atoms with Crippen LogP contribution in [-0.2, 0) is 6.42 Å². The number of benzene rings is 2. The highest BCUT2D eigenvalue weighted by molar-refractivity contribution is 5.97. The second-order valence-electron chi connectivity index (χ2n) is 5.77. The number of carboxylic acid groups (broad SMARTS) is 1. The highest BCUT2D eigenvalue weighted by atomic mass is 16.5. The van der Waals surface area contributed by atoms with Crippen LogP contribution in [0, 0.1) is 0 Å². The van der Waals surface area contributed by atoms with Gasteiger partial charge < -0.3 is 19.7 Å². The van der Waals surface area contributed by atoms with E-state index < -0.39 is 5.97 Å². The van der Waals surface area contributed by atoms with Crippen LogP contribution in [0.3, 0.4) is 0 Å². The quantitative estimate of drug-likeness (QED) is 0.524. The van der Waals surface area contributed by atoms with Gasteiger partial charge in [-0.2, -0.15) is 0 Å². The van der Waals surface area contributed by atoms with E-state index >= 15 is 0 Å². The van der Waals surface area contributed by atoms with Crippen LogP contribution in [-0.4, -0.2) is 35.2 Å². The van der Waals surface area contributed by atoms with Gasteiger partial charge in [-0.05, 0) is 49.7 Å². The summed E-state index contributed by atoms with van der Waals surface area (Å²) in [6.45, 7) is 3.89. The van der Waals surface area contributed by atoms with Crippen LogP contribution in [0.4, 0.5) is 0 Å². The van der Waals surface area contributed by atoms with E-state index in [-0.39, 0.29) is 35.9 Å². The molecule has 0 aliphatic heterocycles. The summed E-state index contributed by atoms with van der Waals surface area (Å²) in [6, 6.07) is 9.34. The zero-order chi connectivity index (χ0) is 19.1. The number of phenols is 1. The van der Waals surface area contributed by atoms with Crippen LogP contribution in [0.2, 0.25) is 0 Å². The summed E-state index contributed by atoms with van der Waals surface area (Å²) >= 11 is 0. The van der Waals surface area contributed by atoms with Crippen molar-refractivity contribution in [1.29, 1.82) is 0 Å². The molecule has 2 aromatic rings. The number of aromatic carboxylic acids is 1. The fourth-order valence-electron chi connectivity index (χ4n) is 2.53. The first-order valence-corrected chi connectivity index (χ1v) is 8.38. The minimum absolute atomic E-state index is 0.0259. The van der Waals surface area contributed by atoms with Gasteiger partial charge in [-0.25, -0.2) is 4.79 Å². The Morgan fingerprint density at radius 2 is 1.65 bits per heavy atom. The first-order chi connectivity index (χ1) is 12.4. The molecule has 0 spiro atoms. The molecule has 0 atom stereocenters. The van der Waals surface area contributed by atoms with E-state index in [2.05, 4.69) is 0 Å². The van der Waals surface area contributed by atoms with Gasteiger partial charge in [-0.15, -0.1) is 0 Å². The minimum atomic E-state index is -0.989. The number of carbonyl (C=O) groups excluding carboxylic acids is 1. The van der Waals surface area contributed by atoms with Crippen LogP contribution in [0.5, 0.6) is 17.2 Å². The van der Waals surface area contributed by atoms with Crippen molar-refractivity contribution in [3.63, 3.8) is 0 Å². The largest absolute Gasteiger partial charge is 0.507 e. The fraction of sp³-hybridized carbons (Fsp3) is 0.300. The molecule has 0 aromatic heterocycles. The normalized spacial score (nSPS) is 10.4. The Labute approximate surface area is 152 Å². The maximum atomic E-state index is 11.6. The predicted octanol–water partition coefficient (Wildman–Crippen LogP) is 3.70. The van der Waals surface area contributed by atoms with E-state index in [0.717, 1.165) is 6.42 Å². The molecule has 0 heterocycles. The van der Waals surface area contributed by atoms with Crippen molar-refractivity contribution in [2.24, 2.45) is 0 Å². The number of hydrogen-bond donors (Lipinski definition) is 2. The zero-order valence-corrected chi connectivity index (χ0v) is 14.8. The molecule has 0 radical (unpaired) electrons. The van der Waals surface area contributed by atoms with Gasteiger partial charge in [0.1, 0.15) is 30.5 Å². The summed E-state index contributed by atoms with van der Waals surface area (Å²) in [6.07, 6.45) is 1.40. The Hall–Kier alpha value is -3.02. The van der Waals surface area contributed by atoms with Gasteiger partial charge in [0.05, 0.1) is 11.1 Å².